The Labute approximate surface area is 129 Å². The second kappa shape index (κ2) is 8.02. The first-order valence-electron chi connectivity index (χ1n) is 7.14. The lowest BCUT2D eigenvalue weighted by molar-refractivity contribution is 0.250. The molecule has 22 heavy (non-hydrogen) atoms. The van der Waals surface area contributed by atoms with Crippen LogP contribution in [0, 0.1) is 12.7 Å². The molecule has 0 unspecified atom stereocenters. The molecule has 0 bridgehead atoms. The molecule has 0 spiro atoms. The molecular weight excluding hydrogens is 283 g/mol. The van der Waals surface area contributed by atoms with Crippen LogP contribution in [0.5, 0.6) is 5.75 Å². The van der Waals surface area contributed by atoms with Gasteiger partial charge in [0.1, 0.15) is 11.6 Å². The van der Waals surface area contributed by atoms with E-state index in [9.17, 15) is 9.18 Å². The molecule has 2 N–H and O–H groups in total. The highest BCUT2D eigenvalue weighted by molar-refractivity contribution is 5.89. The molecule has 2 aromatic carbocycles. The van der Waals surface area contributed by atoms with E-state index < -0.39 is 0 Å². The van der Waals surface area contributed by atoms with Crippen molar-refractivity contribution in [3.8, 4) is 5.75 Å². The van der Waals surface area contributed by atoms with Crippen molar-refractivity contribution in [3.05, 3.63) is 59.9 Å². The number of rotatable bonds is 6. The number of carbonyl (C=O) groups excluding carboxylic acids is 1. The first-order chi connectivity index (χ1) is 10.6. The average molecular weight is 302 g/mol. The Morgan fingerprint density at radius 2 is 1.86 bits per heavy atom. The van der Waals surface area contributed by atoms with Gasteiger partial charge in [-0.2, -0.15) is 0 Å². The summed E-state index contributed by atoms with van der Waals surface area (Å²) in [6.07, 6.45) is 0.700. The van der Waals surface area contributed by atoms with Crippen molar-refractivity contribution in [1.29, 1.82) is 0 Å². The minimum Gasteiger partial charge on any atom is -0.493 e. The molecule has 4 nitrogen and oxygen atoms in total. The quantitative estimate of drug-likeness (QED) is 0.799. The summed E-state index contributed by atoms with van der Waals surface area (Å²) in [5.74, 6) is 0.526. The zero-order valence-corrected chi connectivity index (χ0v) is 12.4. The van der Waals surface area contributed by atoms with Crippen LogP contribution >= 0.6 is 0 Å². The Morgan fingerprint density at radius 1 is 1.14 bits per heavy atom. The van der Waals surface area contributed by atoms with Gasteiger partial charge in [0.05, 0.1) is 6.61 Å². The van der Waals surface area contributed by atoms with Crippen LogP contribution in [0.25, 0.3) is 0 Å². The summed E-state index contributed by atoms with van der Waals surface area (Å²) >= 11 is 0. The lowest BCUT2D eigenvalue weighted by Crippen LogP contribution is -2.30. The van der Waals surface area contributed by atoms with Gasteiger partial charge in [-0.3, -0.25) is 0 Å². The third-order valence-electron chi connectivity index (χ3n) is 3.06. The minimum absolute atomic E-state index is 0.317. The number of amides is 2. The van der Waals surface area contributed by atoms with Gasteiger partial charge in [-0.15, -0.1) is 0 Å². The number of hydrogen-bond acceptors (Lipinski definition) is 2. The highest BCUT2D eigenvalue weighted by Gasteiger charge is 2.02. The number of anilines is 1. The first kappa shape index (κ1) is 15.8. The van der Waals surface area contributed by atoms with Crippen molar-refractivity contribution >= 4 is 11.7 Å². The van der Waals surface area contributed by atoms with Crippen LogP contribution in [-0.2, 0) is 0 Å². The number of halogens is 1. The number of benzene rings is 2. The van der Waals surface area contributed by atoms with Crippen LogP contribution in [0.2, 0.25) is 0 Å². The van der Waals surface area contributed by atoms with E-state index in [1.165, 1.54) is 24.3 Å². The molecule has 0 aliphatic heterocycles. The van der Waals surface area contributed by atoms with Gasteiger partial charge in [0.15, 0.2) is 0 Å². The summed E-state index contributed by atoms with van der Waals surface area (Å²) < 4.78 is 18.4. The maximum Gasteiger partial charge on any atom is 0.319 e. The maximum absolute atomic E-state index is 12.7. The van der Waals surface area contributed by atoms with E-state index in [0.29, 0.717) is 25.3 Å². The standard InChI is InChI=1S/C17H19FN2O2/c1-13-5-2-3-6-16(13)22-12-4-11-19-17(21)20-15-9-7-14(18)8-10-15/h2-3,5-10H,4,11-12H2,1H3,(H2,19,20,21). The predicted molar refractivity (Wildman–Crippen MR) is 84.7 cm³/mol. The van der Waals surface area contributed by atoms with E-state index in [2.05, 4.69) is 10.6 Å². The molecule has 116 valence electrons. The smallest absolute Gasteiger partial charge is 0.319 e. The summed E-state index contributed by atoms with van der Waals surface area (Å²) in [7, 11) is 0. The Balaban J connectivity index is 1.63. The van der Waals surface area contributed by atoms with Crippen molar-refractivity contribution in [2.24, 2.45) is 0 Å². The van der Waals surface area contributed by atoms with Crippen molar-refractivity contribution < 1.29 is 13.9 Å². The van der Waals surface area contributed by atoms with Gasteiger partial charge in [-0.1, -0.05) is 18.2 Å². The molecule has 0 radical (unpaired) electrons. The Bertz CT molecular complexity index is 614. The second-order valence-corrected chi connectivity index (χ2v) is 4.86. The van der Waals surface area contributed by atoms with E-state index in [1.54, 1.807) is 0 Å². The zero-order valence-electron chi connectivity index (χ0n) is 12.4. The largest absolute Gasteiger partial charge is 0.493 e. The third kappa shape index (κ3) is 5.09. The summed E-state index contributed by atoms with van der Waals surface area (Å²) in [6, 6.07) is 13.1. The zero-order chi connectivity index (χ0) is 15.8. The van der Waals surface area contributed by atoms with Gasteiger partial charge in [-0.25, -0.2) is 9.18 Å². The number of aryl methyl sites for hydroxylation is 1. The topological polar surface area (TPSA) is 50.4 Å². The fourth-order valence-corrected chi connectivity index (χ4v) is 1.88. The van der Waals surface area contributed by atoms with E-state index in [-0.39, 0.29) is 11.8 Å². The Hall–Kier alpha value is -2.56. The highest BCUT2D eigenvalue weighted by atomic mass is 19.1. The number of ether oxygens (including phenoxy) is 1. The third-order valence-corrected chi connectivity index (χ3v) is 3.06. The molecule has 5 heteroatoms. The van der Waals surface area contributed by atoms with Gasteiger partial charge in [0.25, 0.3) is 0 Å². The molecule has 0 aliphatic carbocycles. The van der Waals surface area contributed by atoms with Crippen LogP contribution in [0.3, 0.4) is 0 Å². The molecule has 2 amide bonds. The number of carbonyl (C=O) groups is 1. The number of para-hydroxylation sites is 1. The second-order valence-electron chi connectivity index (χ2n) is 4.86. The number of hydrogen-bond donors (Lipinski definition) is 2. The fourth-order valence-electron chi connectivity index (χ4n) is 1.88. The van der Waals surface area contributed by atoms with Crippen molar-refractivity contribution in [3.63, 3.8) is 0 Å². The summed E-state index contributed by atoms with van der Waals surface area (Å²) in [6.45, 7) is 3.02. The number of nitrogens with one attached hydrogen (secondary N) is 2. The van der Waals surface area contributed by atoms with E-state index >= 15 is 0 Å². The van der Waals surface area contributed by atoms with Gasteiger partial charge in [0.2, 0.25) is 0 Å². The van der Waals surface area contributed by atoms with Crippen LogP contribution in [-0.4, -0.2) is 19.2 Å². The molecule has 2 aromatic rings. The fraction of sp³-hybridized carbons (Fsp3) is 0.235. The monoisotopic (exact) mass is 302 g/mol. The molecular formula is C17H19FN2O2. The maximum atomic E-state index is 12.7. The van der Waals surface area contributed by atoms with Crippen molar-refractivity contribution in [1.82, 2.24) is 5.32 Å². The van der Waals surface area contributed by atoms with E-state index in [4.69, 9.17) is 4.74 Å². The van der Waals surface area contributed by atoms with Gasteiger partial charge in [-0.05, 0) is 49.2 Å². The van der Waals surface area contributed by atoms with Gasteiger partial charge >= 0.3 is 6.03 Å². The first-order valence-corrected chi connectivity index (χ1v) is 7.14. The van der Waals surface area contributed by atoms with Crippen molar-refractivity contribution in [2.75, 3.05) is 18.5 Å². The molecule has 0 saturated heterocycles. The highest BCUT2D eigenvalue weighted by Crippen LogP contribution is 2.16. The molecule has 0 atom stereocenters. The molecule has 0 aromatic heterocycles. The lowest BCUT2D eigenvalue weighted by Gasteiger charge is -2.10. The predicted octanol–water partition coefficient (Wildman–Crippen LogP) is 3.72. The van der Waals surface area contributed by atoms with Crippen LogP contribution < -0.4 is 15.4 Å². The summed E-state index contributed by atoms with van der Waals surface area (Å²) in [5.41, 5.74) is 1.64. The van der Waals surface area contributed by atoms with E-state index in [0.717, 1.165) is 11.3 Å². The van der Waals surface area contributed by atoms with E-state index in [1.807, 2.05) is 31.2 Å². The normalized spacial score (nSPS) is 10.1. The van der Waals surface area contributed by atoms with Gasteiger partial charge < -0.3 is 15.4 Å². The molecule has 0 fully saturated rings. The molecule has 0 heterocycles. The van der Waals surface area contributed by atoms with Crippen molar-refractivity contribution in [2.45, 2.75) is 13.3 Å². The summed E-state index contributed by atoms with van der Waals surface area (Å²) in [4.78, 5) is 11.6. The van der Waals surface area contributed by atoms with Gasteiger partial charge in [0, 0.05) is 12.2 Å². The summed E-state index contributed by atoms with van der Waals surface area (Å²) in [5, 5.41) is 5.35. The lowest BCUT2D eigenvalue weighted by atomic mass is 10.2. The average Bonchev–Trinajstić information content (AvgIpc) is 2.51. The Kier molecular flexibility index (Phi) is 5.77. The Morgan fingerprint density at radius 3 is 2.59 bits per heavy atom. The number of urea groups is 1. The minimum atomic E-state index is -0.334. The van der Waals surface area contributed by atoms with Crippen LogP contribution in [0.15, 0.2) is 48.5 Å². The van der Waals surface area contributed by atoms with Crippen LogP contribution in [0.4, 0.5) is 14.9 Å². The molecule has 2 rings (SSSR count). The van der Waals surface area contributed by atoms with Crippen LogP contribution in [0.1, 0.15) is 12.0 Å². The SMILES string of the molecule is Cc1ccccc1OCCCNC(=O)Nc1ccc(F)cc1. The molecule has 0 saturated carbocycles. The molecule has 0 aliphatic rings.